The van der Waals surface area contributed by atoms with Crippen LogP contribution < -0.4 is 5.73 Å². The first-order chi connectivity index (χ1) is 22.9. The van der Waals surface area contributed by atoms with Gasteiger partial charge in [0.25, 0.3) is 0 Å². The molecule has 0 aromatic heterocycles. The molecule has 47 heavy (non-hydrogen) atoms. The zero-order valence-electron chi connectivity index (χ0n) is 27.9. The quantitative estimate of drug-likeness (QED) is 0.115. The predicted octanol–water partition coefficient (Wildman–Crippen LogP) is 7.57. The van der Waals surface area contributed by atoms with Gasteiger partial charge in [-0.2, -0.15) is 0 Å². The number of carbonyl (C=O) groups is 1. The Morgan fingerprint density at radius 3 is 2.36 bits per heavy atom. The Morgan fingerprint density at radius 2 is 1.62 bits per heavy atom. The lowest BCUT2D eigenvalue weighted by Crippen LogP contribution is -2.33. The van der Waals surface area contributed by atoms with Gasteiger partial charge in [0.1, 0.15) is 0 Å². The number of aliphatic carboxylic acids is 1. The molecule has 6 nitrogen and oxygen atoms in total. The molecule has 1 aliphatic heterocycles. The highest BCUT2D eigenvalue weighted by Gasteiger charge is 2.29. The summed E-state index contributed by atoms with van der Waals surface area (Å²) in [7, 11) is 3.81. The first-order valence-corrected chi connectivity index (χ1v) is 20.3. The van der Waals surface area contributed by atoms with Gasteiger partial charge in [0.2, 0.25) is 0 Å². The number of carboxylic acids is 1. The maximum Gasteiger partial charge on any atom is 0.303 e. The van der Waals surface area contributed by atoms with Gasteiger partial charge in [0.15, 0.2) is 0 Å². The summed E-state index contributed by atoms with van der Waals surface area (Å²) in [5.41, 5.74) is 10.9. The molecule has 260 valence electrons. The number of fused-ring (bicyclic) bond motifs is 1. The van der Waals surface area contributed by atoms with Crippen LogP contribution in [0.1, 0.15) is 92.9 Å². The van der Waals surface area contributed by atoms with Gasteiger partial charge in [0.05, 0.1) is 18.8 Å². The normalized spacial score (nSPS) is 25.1. The van der Waals surface area contributed by atoms with Gasteiger partial charge in [-0.1, -0.05) is 102 Å². The minimum absolute atomic E-state index is 0.0155. The average molecular weight is 684 g/mol. The minimum Gasteiger partial charge on any atom is -0.481 e. The van der Waals surface area contributed by atoms with E-state index in [1.54, 1.807) is 0 Å². The number of hydrogen-bond acceptors (Lipinski definition) is 7. The summed E-state index contributed by atoms with van der Waals surface area (Å²) >= 11 is 0. The molecular formula is C39H57NO5S2. The van der Waals surface area contributed by atoms with Crippen molar-refractivity contribution in [3.8, 4) is 0 Å². The number of aryl methyl sites for hydroxylation is 1. The lowest BCUT2D eigenvalue weighted by atomic mass is 9.75. The highest BCUT2D eigenvalue weighted by molar-refractivity contribution is 8.76. The third kappa shape index (κ3) is 12.5. The van der Waals surface area contributed by atoms with Crippen LogP contribution in [-0.2, 0) is 30.0 Å². The largest absolute Gasteiger partial charge is 0.481 e. The summed E-state index contributed by atoms with van der Waals surface area (Å²) in [4.78, 5) is 12.1. The zero-order valence-corrected chi connectivity index (χ0v) is 29.6. The molecule has 6 unspecified atom stereocenters. The van der Waals surface area contributed by atoms with E-state index in [1.165, 1.54) is 23.1 Å². The molecule has 0 radical (unpaired) electrons. The van der Waals surface area contributed by atoms with Crippen molar-refractivity contribution in [1.82, 2.24) is 0 Å². The summed E-state index contributed by atoms with van der Waals surface area (Å²) < 4.78 is 0. The molecule has 1 aliphatic carbocycles. The number of hydrogen-bond donors (Lipinski definition) is 5. The van der Waals surface area contributed by atoms with E-state index in [0.717, 1.165) is 87.7 Å². The highest BCUT2D eigenvalue weighted by Crippen LogP contribution is 2.39. The molecular weight excluding hydrogens is 627 g/mol. The zero-order chi connectivity index (χ0) is 33.4. The molecule has 1 saturated carbocycles. The van der Waals surface area contributed by atoms with E-state index in [4.69, 9.17) is 5.73 Å². The molecule has 1 fully saturated rings. The predicted molar refractivity (Wildman–Crippen MR) is 196 cm³/mol. The standard InChI is InChI=1S/C39H57NO5S2/c40-21-20-32-17-16-31(14-7-15-37(42)39(45)33-11-2-1-3-12-33)36(23-28-8-6-9-29(22-28)25-41)27-47-46-26-35-13-5-4-10-30(35)18-19-34(32)24-38(43)44/h4-10,13,15,22,31-34,36-37,39,41-42,45H,1-3,11-12,14,16-21,23-27,40H2,(H,43,44). The lowest BCUT2D eigenvalue weighted by Gasteiger charge is -2.32. The van der Waals surface area contributed by atoms with Gasteiger partial charge in [-0.05, 0) is 116 Å². The van der Waals surface area contributed by atoms with Crippen molar-refractivity contribution in [2.75, 3.05) is 12.3 Å². The Hall–Kier alpha value is -1.81. The van der Waals surface area contributed by atoms with Crippen molar-refractivity contribution < 1.29 is 25.2 Å². The average Bonchev–Trinajstić information content (AvgIpc) is 3.09. The van der Waals surface area contributed by atoms with Crippen LogP contribution in [0.5, 0.6) is 0 Å². The van der Waals surface area contributed by atoms with Gasteiger partial charge < -0.3 is 26.2 Å². The van der Waals surface area contributed by atoms with Gasteiger partial charge in [-0.15, -0.1) is 0 Å². The lowest BCUT2D eigenvalue weighted by molar-refractivity contribution is -0.138. The summed E-state index contributed by atoms with van der Waals surface area (Å²) in [5, 5.41) is 41.6. The topological polar surface area (TPSA) is 124 Å². The van der Waals surface area contributed by atoms with E-state index >= 15 is 0 Å². The second kappa shape index (κ2) is 20.6. The Morgan fingerprint density at radius 1 is 0.872 bits per heavy atom. The fourth-order valence-corrected chi connectivity index (χ4v) is 10.4. The van der Waals surface area contributed by atoms with Crippen LogP contribution in [0.2, 0.25) is 0 Å². The van der Waals surface area contributed by atoms with Crippen molar-refractivity contribution in [3.05, 3.63) is 82.9 Å². The number of carboxylic acid groups (broad SMARTS) is 1. The molecule has 2 aliphatic rings. The van der Waals surface area contributed by atoms with E-state index in [-0.39, 0.29) is 30.8 Å². The molecule has 6 N–H and O–H groups in total. The van der Waals surface area contributed by atoms with Crippen molar-refractivity contribution in [3.63, 3.8) is 0 Å². The molecule has 2 aromatic carbocycles. The number of benzene rings is 2. The summed E-state index contributed by atoms with van der Waals surface area (Å²) in [6.45, 7) is 0.554. The maximum atomic E-state index is 12.1. The minimum atomic E-state index is -0.869. The van der Waals surface area contributed by atoms with Gasteiger partial charge >= 0.3 is 5.97 Å². The van der Waals surface area contributed by atoms with E-state index in [2.05, 4.69) is 42.5 Å². The van der Waals surface area contributed by atoms with Crippen molar-refractivity contribution in [1.29, 1.82) is 0 Å². The Balaban J connectivity index is 1.60. The van der Waals surface area contributed by atoms with Crippen LogP contribution in [0, 0.1) is 29.6 Å². The SMILES string of the molecule is NCCC1CCC(CC=CC(O)C(O)C2CCCCC2)C(Cc2cccc(CO)c2)CSSCc2ccccc2CCC1CC(=O)O. The number of nitrogens with two attached hydrogens (primary N) is 1. The van der Waals surface area contributed by atoms with E-state index in [0.29, 0.717) is 18.4 Å². The Kier molecular flexibility index (Phi) is 16.7. The summed E-state index contributed by atoms with van der Waals surface area (Å²) in [5.74, 6) is 2.19. The molecule has 4 rings (SSSR count). The fourth-order valence-electron chi connectivity index (χ4n) is 7.84. The van der Waals surface area contributed by atoms with E-state index in [9.17, 15) is 25.2 Å². The molecule has 0 saturated heterocycles. The van der Waals surface area contributed by atoms with Gasteiger partial charge in [0, 0.05) is 17.9 Å². The van der Waals surface area contributed by atoms with E-state index < -0.39 is 18.2 Å². The van der Waals surface area contributed by atoms with E-state index in [1.807, 2.05) is 39.8 Å². The third-order valence-electron chi connectivity index (χ3n) is 10.6. The molecule has 0 bridgehead atoms. The van der Waals surface area contributed by atoms with Crippen molar-refractivity contribution in [2.45, 2.75) is 108 Å². The van der Waals surface area contributed by atoms with Crippen LogP contribution in [0.3, 0.4) is 0 Å². The Labute approximate surface area is 290 Å². The van der Waals surface area contributed by atoms with Crippen LogP contribution in [0.15, 0.2) is 60.7 Å². The summed E-state index contributed by atoms with van der Waals surface area (Å²) in [6.07, 6.45) is 13.9. The van der Waals surface area contributed by atoms with Gasteiger partial charge in [-0.25, -0.2) is 0 Å². The number of aliphatic hydroxyl groups is 3. The molecule has 2 aromatic rings. The first kappa shape index (κ1) is 38.0. The van der Waals surface area contributed by atoms with Crippen LogP contribution in [0.25, 0.3) is 0 Å². The monoisotopic (exact) mass is 683 g/mol. The smallest absolute Gasteiger partial charge is 0.303 e. The molecule has 0 spiro atoms. The number of rotatable bonds is 12. The van der Waals surface area contributed by atoms with Crippen LogP contribution in [0.4, 0.5) is 0 Å². The van der Waals surface area contributed by atoms with Crippen LogP contribution in [-0.4, -0.2) is 50.9 Å². The van der Waals surface area contributed by atoms with Crippen molar-refractivity contribution in [2.24, 2.45) is 35.3 Å². The number of allylic oxidation sites excluding steroid dienone is 1. The Bertz CT molecular complexity index is 1240. The maximum absolute atomic E-state index is 12.1. The van der Waals surface area contributed by atoms with Crippen molar-refractivity contribution >= 4 is 27.6 Å². The third-order valence-corrected chi connectivity index (χ3v) is 13.0. The number of aliphatic hydroxyl groups excluding tert-OH is 3. The second-order valence-corrected chi connectivity index (χ2v) is 16.4. The first-order valence-electron chi connectivity index (χ1n) is 17.8. The molecule has 6 atom stereocenters. The molecule has 0 amide bonds. The van der Waals surface area contributed by atoms with Gasteiger partial charge in [-0.3, -0.25) is 4.79 Å². The van der Waals surface area contributed by atoms with Crippen LogP contribution >= 0.6 is 21.6 Å². The summed E-state index contributed by atoms with van der Waals surface area (Å²) in [6, 6.07) is 16.8. The molecule has 8 heteroatoms. The second-order valence-electron chi connectivity index (χ2n) is 13.9. The fraction of sp³-hybridized carbons (Fsp3) is 0.615. The molecule has 1 heterocycles. The highest BCUT2D eigenvalue weighted by atomic mass is 33.1.